The van der Waals surface area contributed by atoms with Crippen molar-refractivity contribution in [3.8, 4) is 0 Å². The van der Waals surface area contributed by atoms with Crippen LogP contribution in [0.2, 0.25) is 0 Å². The van der Waals surface area contributed by atoms with Gasteiger partial charge < -0.3 is 20.3 Å². The summed E-state index contributed by atoms with van der Waals surface area (Å²) in [5, 5.41) is 5.90. The summed E-state index contributed by atoms with van der Waals surface area (Å²) in [6.45, 7) is 4.26. The van der Waals surface area contributed by atoms with E-state index in [1.54, 1.807) is 0 Å². The van der Waals surface area contributed by atoms with Gasteiger partial charge in [-0.15, -0.1) is 0 Å². The monoisotopic (exact) mass is 318 g/mol. The van der Waals surface area contributed by atoms with Crippen molar-refractivity contribution in [2.75, 3.05) is 37.7 Å². The highest BCUT2D eigenvalue weighted by molar-refractivity contribution is 5.73. The van der Waals surface area contributed by atoms with E-state index in [0.717, 1.165) is 51.9 Å². The van der Waals surface area contributed by atoms with Gasteiger partial charge in [-0.3, -0.25) is 4.98 Å². The van der Waals surface area contributed by atoms with Crippen molar-refractivity contribution in [1.29, 1.82) is 0 Å². The van der Waals surface area contributed by atoms with Crippen LogP contribution in [0.3, 0.4) is 0 Å². The van der Waals surface area contributed by atoms with Crippen LogP contribution in [0, 0.1) is 5.92 Å². The first-order valence-electron chi connectivity index (χ1n) is 8.59. The molecule has 0 aliphatic carbocycles. The number of nitrogens with zero attached hydrogens (tertiary/aromatic N) is 2. The van der Waals surface area contributed by atoms with E-state index in [1.165, 1.54) is 5.69 Å². The summed E-state index contributed by atoms with van der Waals surface area (Å²) < 4.78 is 5.50. The first kappa shape index (κ1) is 16.1. The van der Waals surface area contributed by atoms with Crippen LogP contribution in [0.5, 0.6) is 0 Å². The van der Waals surface area contributed by atoms with Gasteiger partial charge in [0.2, 0.25) is 0 Å². The summed E-state index contributed by atoms with van der Waals surface area (Å²) in [7, 11) is 0. The quantitative estimate of drug-likeness (QED) is 0.868. The lowest BCUT2D eigenvalue weighted by atomic mass is 9.96. The molecule has 0 saturated carbocycles. The molecule has 0 spiro atoms. The third-order valence-electron chi connectivity index (χ3n) is 4.71. The van der Waals surface area contributed by atoms with Crippen LogP contribution in [0.25, 0.3) is 0 Å². The highest BCUT2D eigenvalue weighted by Gasteiger charge is 2.20. The van der Waals surface area contributed by atoms with Crippen LogP contribution in [0.4, 0.5) is 10.5 Å². The Bertz CT molecular complexity index is 483. The number of urea groups is 1. The standard InChI is InChI=1S/C17H26N4O2/c22-17(20-13-16-2-1-11-23-16)19-12-14-5-9-21(10-6-14)15-3-7-18-8-4-15/h3-4,7-8,14,16H,1-2,5-6,9-13H2,(H2,19,20,22)/t16-/m0/s1. The number of hydrogen-bond acceptors (Lipinski definition) is 4. The molecule has 2 aliphatic rings. The number of ether oxygens (including phenoxy) is 1. The summed E-state index contributed by atoms with van der Waals surface area (Å²) in [5.41, 5.74) is 1.24. The molecule has 0 unspecified atom stereocenters. The molecule has 2 N–H and O–H groups in total. The molecule has 2 fully saturated rings. The molecule has 1 aromatic heterocycles. The normalized spacial score (nSPS) is 22.1. The predicted octanol–water partition coefficient (Wildman–Crippen LogP) is 1.78. The topological polar surface area (TPSA) is 66.5 Å². The Labute approximate surface area is 137 Å². The van der Waals surface area contributed by atoms with Crippen LogP contribution < -0.4 is 15.5 Å². The fourth-order valence-electron chi connectivity index (χ4n) is 3.26. The molecule has 6 nitrogen and oxygen atoms in total. The van der Waals surface area contributed by atoms with E-state index >= 15 is 0 Å². The number of aromatic nitrogens is 1. The molecule has 1 atom stereocenters. The average molecular weight is 318 g/mol. The summed E-state index contributed by atoms with van der Waals surface area (Å²) in [6, 6.07) is 4.03. The lowest BCUT2D eigenvalue weighted by Crippen LogP contribution is -2.43. The molecular formula is C17H26N4O2. The maximum atomic E-state index is 11.8. The zero-order valence-electron chi connectivity index (χ0n) is 13.5. The summed E-state index contributed by atoms with van der Waals surface area (Å²) in [6.07, 6.45) is 8.23. The van der Waals surface area contributed by atoms with Gasteiger partial charge in [0.25, 0.3) is 0 Å². The van der Waals surface area contributed by atoms with Crippen LogP contribution in [0.15, 0.2) is 24.5 Å². The Morgan fingerprint density at radius 1 is 1.17 bits per heavy atom. The van der Waals surface area contributed by atoms with Gasteiger partial charge in [-0.25, -0.2) is 4.79 Å². The van der Waals surface area contributed by atoms with E-state index in [4.69, 9.17) is 4.74 Å². The number of carbonyl (C=O) groups excluding carboxylic acids is 1. The Morgan fingerprint density at radius 2 is 1.91 bits per heavy atom. The molecule has 0 aromatic carbocycles. The lowest BCUT2D eigenvalue weighted by Gasteiger charge is -2.33. The first-order valence-corrected chi connectivity index (χ1v) is 8.59. The number of hydrogen-bond donors (Lipinski definition) is 2. The molecule has 2 amide bonds. The molecule has 6 heteroatoms. The Balaban J connectivity index is 1.32. The number of rotatable bonds is 5. The van der Waals surface area contributed by atoms with Crippen LogP contribution in [-0.4, -0.2) is 49.9 Å². The number of amides is 2. The number of nitrogens with one attached hydrogen (secondary N) is 2. The first-order chi connectivity index (χ1) is 11.3. The highest BCUT2D eigenvalue weighted by Crippen LogP contribution is 2.22. The van der Waals surface area contributed by atoms with Gasteiger partial charge in [0.1, 0.15) is 0 Å². The zero-order valence-corrected chi connectivity index (χ0v) is 13.5. The van der Waals surface area contributed by atoms with E-state index in [2.05, 4.69) is 32.7 Å². The van der Waals surface area contributed by atoms with Crippen LogP contribution in [-0.2, 0) is 4.74 Å². The molecule has 2 aliphatic heterocycles. The number of anilines is 1. The minimum atomic E-state index is -0.0722. The third kappa shape index (κ3) is 4.82. The van der Waals surface area contributed by atoms with E-state index in [1.807, 2.05) is 12.4 Å². The molecule has 1 aromatic rings. The molecule has 2 saturated heterocycles. The smallest absolute Gasteiger partial charge is 0.314 e. The average Bonchev–Trinajstić information content (AvgIpc) is 3.13. The molecule has 0 radical (unpaired) electrons. The fraction of sp³-hybridized carbons (Fsp3) is 0.647. The lowest BCUT2D eigenvalue weighted by molar-refractivity contribution is 0.111. The SMILES string of the molecule is O=C(NCC1CCN(c2ccncc2)CC1)NC[C@@H]1CCCO1. The third-order valence-corrected chi connectivity index (χ3v) is 4.71. The van der Waals surface area contributed by atoms with Gasteiger partial charge in [0.05, 0.1) is 6.10 Å². The van der Waals surface area contributed by atoms with Crippen molar-refractivity contribution < 1.29 is 9.53 Å². The molecule has 126 valence electrons. The van der Waals surface area contributed by atoms with Crippen molar-refractivity contribution in [1.82, 2.24) is 15.6 Å². The zero-order chi connectivity index (χ0) is 15.9. The second-order valence-electron chi connectivity index (χ2n) is 6.36. The fourth-order valence-corrected chi connectivity index (χ4v) is 3.26. The van der Waals surface area contributed by atoms with Crippen molar-refractivity contribution in [2.45, 2.75) is 31.8 Å². The van der Waals surface area contributed by atoms with Gasteiger partial charge in [-0.2, -0.15) is 0 Å². The highest BCUT2D eigenvalue weighted by atomic mass is 16.5. The predicted molar refractivity (Wildman–Crippen MR) is 89.5 cm³/mol. The van der Waals surface area contributed by atoms with E-state index in [9.17, 15) is 4.79 Å². The van der Waals surface area contributed by atoms with Gasteiger partial charge in [-0.1, -0.05) is 0 Å². The van der Waals surface area contributed by atoms with E-state index < -0.39 is 0 Å². The molecule has 23 heavy (non-hydrogen) atoms. The van der Waals surface area contributed by atoms with Crippen molar-refractivity contribution in [3.63, 3.8) is 0 Å². The van der Waals surface area contributed by atoms with E-state index in [0.29, 0.717) is 12.5 Å². The minimum Gasteiger partial charge on any atom is -0.376 e. The molecule has 3 rings (SSSR count). The molecular weight excluding hydrogens is 292 g/mol. The Morgan fingerprint density at radius 3 is 2.61 bits per heavy atom. The summed E-state index contributed by atoms with van der Waals surface area (Å²) in [5.74, 6) is 0.557. The molecule has 3 heterocycles. The number of carbonyl (C=O) groups is 1. The maximum Gasteiger partial charge on any atom is 0.314 e. The van der Waals surface area contributed by atoms with Gasteiger partial charge >= 0.3 is 6.03 Å². The number of pyridine rings is 1. The van der Waals surface area contributed by atoms with Gasteiger partial charge in [-0.05, 0) is 43.7 Å². The van der Waals surface area contributed by atoms with Crippen LogP contribution >= 0.6 is 0 Å². The molecule has 0 bridgehead atoms. The summed E-state index contributed by atoms with van der Waals surface area (Å²) in [4.78, 5) is 18.3. The maximum absolute atomic E-state index is 11.8. The van der Waals surface area contributed by atoms with Crippen molar-refractivity contribution in [3.05, 3.63) is 24.5 Å². The van der Waals surface area contributed by atoms with Crippen LogP contribution in [0.1, 0.15) is 25.7 Å². The van der Waals surface area contributed by atoms with Crippen molar-refractivity contribution >= 4 is 11.7 Å². The second-order valence-corrected chi connectivity index (χ2v) is 6.36. The second kappa shape index (κ2) is 8.15. The Kier molecular flexibility index (Phi) is 5.69. The number of piperidine rings is 1. The largest absolute Gasteiger partial charge is 0.376 e. The summed E-state index contributed by atoms with van der Waals surface area (Å²) >= 11 is 0. The minimum absolute atomic E-state index is 0.0722. The van der Waals surface area contributed by atoms with E-state index in [-0.39, 0.29) is 12.1 Å². The van der Waals surface area contributed by atoms with Gasteiger partial charge in [0.15, 0.2) is 0 Å². The Hall–Kier alpha value is -1.82. The van der Waals surface area contributed by atoms with Crippen molar-refractivity contribution in [2.24, 2.45) is 5.92 Å². The van der Waals surface area contributed by atoms with Gasteiger partial charge in [0, 0.05) is 50.9 Å².